The Kier molecular flexibility index (Phi) is 4.40. The molecule has 94 valence electrons. The summed E-state index contributed by atoms with van der Waals surface area (Å²) in [5.74, 6) is 0.545. The van der Waals surface area contributed by atoms with Crippen LogP contribution in [0.5, 0.6) is 0 Å². The zero-order chi connectivity index (χ0) is 12.1. The number of hydrogen-bond donors (Lipinski definition) is 2. The van der Waals surface area contributed by atoms with Gasteiger partial charge in [0.1, 0.15) is 0 Å². The highest BCUT2D eigenvalue weighted by molar-refractivity contribution is 5.52. The zero-order valence-corrected chi connectivity index (χ0v) is 10.7. The van der Waals surface area contributed by atoms with E-state index in [0.29, 0.717) is 5.92 Å². The van der Waals surface area contributed by atoms with Crippen LogP contribution in [0.25, 0.3) is 0 Å². The first-order valence-corrected chi connectivity index (χ1v) is 6.42. The maximum absolute atomic E-state index is 5.68. The van der Waals surface area contributed by atoms with Gasteiger partial charge in [-0.3, -0.25) is 0 Å². The molecule has 1 aromatic rings. The van der Waals surface area contributed by atoms with E-state index in [-0.39, 0.29) is 6.10 Å². The summed E-state index contributed by atoms with van der Waals surface area (Å²) in [6.45, 7) is 8.04. The van der Waals surface area contributed by atoms with Crippen molar-refractivity contribution in [2.45, 2.75) is 25.9 Å². The molecule has 0 aliphatic carbocycles. The molecule has 2 rings (SSSR count). The fourth-order valence-corrected chi connectivity index (χ4v) is 2.14. The molecule has 3 nitrogen and oxygen atoms in total. The summed E-state index contributed by atoms with van der Waals surface area (Å²) in [5.41, 5.74) is 2.60. The lowest BCUT2D eigenvalue weighted by Crippen LogP contribution is -2.42. The molecule has 0 bridgehead atoms. The van der Waals surface area contributed by atoms with Gasteiger partial charge in [-0.1, -0.05) is 32.0 Å². The van der Waals surface area contributed by atoms with Crippen molar-refractivity contribution in [2.75, 3.05) is 31.6 Å². The van der Waals surface area contributed by atoms with Crippen LogP contribution >= 0.6 is 0 Å². The molecule has 1 aliphatic rings. The highest BCUT2D eigenvalue weighted by atomic mass is 16.5. The number of ether oxygens (including phenoxy) is 1. The van der Waals surface area contributed by atoms with Crippen LogP contribution in [0.15, 0.2) is 24.3 Å². The topological polar surface area (TPSA) is 33.3 Å². The highest BCUT2D eigenvalue weighted by Gasteiger charge is 2.13. The Bertz CT molecular complexity index is 346. The van der Waals surface area contributed by atoms with E-state index in [9.17, 15) is 0 Å². The minimum atomic E-state index is 0.281. The molecule has 0 saturated carbocycles. The molecule has 3 heteroatoms. The molecular weight excluding hydrogens is 212 g/mol. The number of anilines is 1. The van der Waals surface area contributed by atoms with Gasteiger partial charge in [-0.15, -0.1) is 0 Å². The van der Waals surface area contributed by atoms with Crippen LogP contribution in [-0.4, -0.2) is 32.3 Å². The Hall–Kier alpha value is -1.06. The molecule has 1 aromatic carbocycles. The van der Waals surface area contributed by atoms with Crippen LogP contribution in [0.4, 0.5) is 5.69 Å². The van der Waals surface area contributed by atoms with Gasteiger partial charge in [0.25, 0.3) is 0 Å². The van der Waals surface area contributed by atoms with Crippen LogP contribution in [-0.2, 0) is 4.74 Å². The van der Waals surface area contributed by atoms with Crippen molar-refractivity contribution in [3.63, 3.8) is 0 Å². The Balaban J connectivity index is 1.93. The summed E-state index contributed by atoms with van der Waals surface area (Å²) in [5, 5.41) is 6.84. The first-order valence-electron chi connectivity index (χ1n) is 6.42. The average molecular weight is 234 g/mol. The molecule has 1 atom stereocenters. The second-order valence-electron chi connectivity index (χ2n) is 4.82. The van der Waals surface area contributed by atoms with Gasteiger partial charge in [0.05, 0.1) is 12.7 Å². The molecule has 0 spiro atoms. The third kappa shape index (κ3) is 3.45. The van der Waals surface area contributed by atoms with Gasteiger partial charge >= 0.3 is 0 Å². The average Bonchev–Trinajstić information content (AvgIpc) is 2.38. The maximum atomic E-state index is 5.68. The standard InChI is InChI=1S/C14H22N2O/c1-11(2)13-5-3-4-6-14(13)16-10-12-9-15-7-8-17-12/h3-6,11-12,15-16H,7-10H2,1-2H3. The highest BCUT2D eigenvalue weighted by Crippen LogP contribution is 2.23. The van der Waals surface area contributed by atoms with Gasteiger partial charge in [0.15, 0.2) is 0 Å². The monoisotopic (exact) mass is 234 g/mol. The van der Waals surface area contributed by atoms with Crippen molar-refractivity contribution >= 4 is 5.69 Å². The van der Waals surface area contributed by atoms with E-state index >= 15 is 0 Å². The molecule has 0 amide bonds. The summed E-state index contributed by atoms with van der Waals surface area (Å²) in [4.78, 5) is 0. The van der Waals surface area contributed by atoms with Crippen LogP contribution in [0.1, 0.15) is 25.3 Å². The summed E-state index contributed by atoms with van der Waals surface area (Å²) in [6, 6.07) is 8.51. The minimum Gasteiger partial charge on any atom is -0.382 e. The molecule has 0 radical (unpaired) electrons. The van der Waals surface area contributed by atoms with E-state index in [1.807, 2.05) is 0 Å². The largest absolute Gasteiger partial charge is 0.382 e. The predicted molar refractivity (Wildman–Crippen MR) is 71.6 cm³/mol. The van der Waals surface area contributed by atoms with Crippen molar-refractivity contribution in [3.8, 4) is 0 Å². The molecule has 1 unspecified atom stereocenters. The minimum absolute atomic E-state index is 0.281. The normalized spacial score (nSPS) is 20.5. The maximum Gasteiger partial charge on any atom is 0.0872 e. The lowest BCUT2D eigenvalue weighted by atomic mass is 10.0. The molecule has 1 fully saturated rings. The second kappa shape index (κ2) is 6.03. The number of rotatable bonds is 4. The van der Waals surface area contributed by atoms with Gasteiger partial charge in [-0.05, 0) is 17.5 Å². The second-order valence-corrected chi connectivity index (χ2v) is 4.82. The van der Waals surface area contributed by atoms with E-state index in [2.05, 4.69) is 48.7 Å². The Labute approximate surface area is 104 Å². The molecule has 17 heavy (non-hydrogen) atoms. The number of hydrogen-bond acceptors (Lipinski definition) is 3. The van der Waals surface area contributed by atoms with E-state index in [0.717, 1.165) is 26.2 Å². The van der Waals surface area contributed by atoms with Crippen molar-refractivity contribution in [1.82, 2.24) is 5.32 Å². The van der Waals surface area contributed by atoms with Gasteiger partial charge < -0.3 is 15.4 Å². The fourth-order valence-electron chi connectivity index (χ4n) is 2.14. The molecule has 1 heterocycles. The Morgan fingerprint density at radius 2 is 2.24 bits per heavy atom. The fraction of sp³-hybridized carbons (Fsp3) is 0.571. The number of benzene rings is 1. The molecule has 1 saturated heterocycles. The van der Waals surface area contributed by atoms with Gasteiger partial charge in [0.2, 0.25) is 0 Å². The first kappa shape index (κ1) is 12.4. The third-order valence-corrected chi connectivity index (χ3v) is 3.11. The molecular formula is C14H22N2O. The third-order valence-electron chi connectivity index (χ3n) is 3.11. The summed E-state index contributed by atoms with van der Waals surface area (Å²) < 4.78 is 5.68. The quantitative estimate of drug-likeness (QED) is 0.838. The van der Waals surface area contributed by atoms with Crippen molar-refractivity contribution < 1.29 is 4.74 Å². The zero-order valence-electron chi connectivity index (χ0n) is 10.7. The SMILES string of the molecule is CC(C)c1ccccc1NCC1CNCCO1. The summed E-state index contributed by atoms with van der Waals surface area (Å²) in [6.07, 6.45) is 0.281. The van der Waals surface area contributed by atoms with Crippen molar-refractivity contribution in [1.29, 1.82) is 0 Å². The number of para-hydroxylation sites is 1. The predicted octanol–water partition coefficient (Wildman–Crippen LogP) is 2.21. The van der Waals surface area contributed by atoms with Gasteiger partial charge in [-0.25, -0.2) is 0 Å². The molecule has 1 aliphatic heterocycles. The van der Waals surface area contributed by atoms with Crippen molar-refractivity contribution in [3.05, 3.63) is 29.8 Å². The van der Waals surface area contributed by atoms with Crippen LogP contribution in [0.2, 0.25) is 0 Å². The Morgan fingerprint density at radius 1 is 1.41 bits per heavy atom. The number of nitrogens with one attached hydrogen (secondary N) is 2. The lowest BCUT2D eigenvalue weighted by molar-refractivity contribution is 0.0372. The van der Waals surface area contributed by atoms with Gasteiger partial charge in [0, 0.05) is 25.3 Å². The molecule has 0 aromatic heterocycles. The van der Waals surface area contributed by atoms with Crippen molar-refractivity contribution in [2.24, 2.45) is 0 Å². The van der Waals surface area contributed by atoms with Crippen LogP contribution in [0.3, 0.4) is 0 Å². The van der Waals surface area contributed by atoms with E-state index < -0.39 is 0 Å². The number of morpholine rings is 1. The molecule has 2 N–H and O–H groups in total. The smallest absolute Gasteiger partial charge is 0.0872 e. The first-order chi connectivity index (χ1) is 8.27. The van der Waals surface area contributed by atoms with E-state index in [1.165, 1.54) is 11.3 Å². The van der Waals surface area contributed by atoms with Crippen LogP contribution in [0, 0.1) is 0 Å². The Morgan fingerprint density at radius 3 is 2.94 bits per heavy atom. The van der Waals surface area contributed by atoms with Crippen LogP contribution < -0.4 is 10.6 Å². The van der Waals surface area contributed by atoms with E-state index in [4.69, 9.17) is 4.74 Å². The summed E-state index contributed by atoms with van der Waals surface area (Å²) in [7, 11) is 0. The van der Waals surface area contributed by atoms with E-state index in [1.54, 1.807) is 0 Å². The van der Waals surface area contributed by atoms with Gasteiger partial charge in [-0.2, -0.15) is 0 Å². The lowest BCUT2D eigenvalue weighted by Gasteiger charge is -2.25. The summed E-state index contributed by atoms with van der Waals surface area (Å²) >= 11 is 0.